The standard InChI is InChI=1S/C22H31N7O.C15H22F3NOS/c1-14(25-10-5-11-26-20(23)24)15-6-8-17(9-7-15)29-13-16-12-18(22(2,3)4)27-19(16)28-21(29)30;1-10(8-19)20-9-11-5-12(14(2,3)4)7-13(6-11)21-15(16,17)18/h6-9,12-14,25H,5,10-11H2,1-4H3,(H4,23,24,26)(H,27,28,30);5-7,10H,8-9,19H2,1-4H3/t14-;10-/m00/s1. The molecule has 8 N–H and O–H groups in total. The average Bonchev–Trinajstić information content (AvgIpc) is 3.45. The third kappa shape index (κ3) is 13.3. The number of ether oxygens (including phenoxy) is 1. The zero-order valence-electron chi connectivity index (χ0n) is 30.8. The molecule has 0 aliphatic heterocycles. The number of aliphatic imine (C=N–C) groups is 1. The minimum atomic E-state index is -4.29. The highest BCUT2D eigenvalue weighted by atomic mass is 32.2. The summed E-state index contributed by atoms with van der Waals surface area (Å²) < 4.78 is 44.9. The van der Waals surface area contributed by atoms with Crippen molar-refractivity contribution < 1.29 is 17.9 Å². The van der Waals surface area contributed by atoms with Crippen LogP contribution in [-0.2, 0) is 22.2 Å². The van der Waals surface area contributed by atoms with Crippen LogP contribution in [0, 0.1) is 0 Å². The summed E-state index contributed by atoms with van der Waals surface area (Å²) in [5.74, 6) is 0.121. The maximum absolute atomic E-state index is 12.6. The molecule has 14 heteroatoms. The molecule has 0 bridgehead atoms. The lowest BCUT2D eigenvalue weighted by molar-refractivity contribution is -0.0328. The number of aromatic nitrogens is 3. The Balaban J connectivity index is 0.000000295. The number of thioether (sulfide) groups is 1. The summed E-state index contributed by atoms with van der Waals surface area (Å²) in [6.45, 7) is 18.3. The molecule has 4 aromatic rings. The van der Waals surface area contributed by atoms with Crippen molar-refractivity contribution in [1.29, 1.82) is 0 Å². The Morgan fingerprint density at radius 2 is 1.69 bits per heavy atom. The van der Waals surface area contributed by atoms with Gasteiger partial charge in [0.15, 0.2) is 5.96 Å². The number of hydrogen-bond acceptors (Lipinski definition) is 7. The highest BCUT2D eigenvalue weighted by Gasteiger charge is 2.30. The predicted octanol–water partition coefficient (Wildman–Crippen LogP) is 6.79. The maximum Gasteiger partial charge on any atom is 0.446 e. The molecule has 0 spiro atoms. The smallest absolute Gasteiger partial charge is 0.373 e. The SMILES string of the molecule is C[C@@H](CN)OCc1cc(SC(F)(F)F)cc(C(C)(C)C)c1.C[C@H](NCCCN=C(N)N)c1ccc(-n2cc3cc(C(C)(C)C)[nH]c3nc2=O)cc1. The number of H-pyrrole nitrogens is 1. The molecule has 0 aliphatic rings. The highest BCUT2D eigenvalue weighted by Crippen LogP contribution is 2.39. The second kappa shape index (κ2) is 17.6. The van der Waals surface area contributed by atoms with Crippen LogP contribution in [0.5, 0.6) is 0 Å². The summed E-state index contributed by atoms with van der Waals surface area (Å²) in [6, 6.07) is 15.2. The number of nitrogens with one attached hydrogen (secondary N) is 2. The molecule has 2 aromatic heterocycles. The zero-order chi connectivity index (χ0) is 38.1. The molecule has 2 heterocycles. The number of aromatic amines is 1. The first-order valence-electron chi connectivity index (χ1n) is 16.9. The minimum Gasteiger partial charge on any atom is -0.373 e. The Labute approximate surface area is 302 Å². The number of guanidine groups is 1. The van der Waals surface area contributed by atoms with Gasteiger partial charge in [-0.25, -0.2) is 4.79 Å². The van der Waals surface area contributed by atoms with Gasteiger partial charge in [0.1, 0.15) is 5.65 Å². The van der Waals surface area contributed by atoms with E-state index in [1.54, 1.807) is 10.6 Å². The van der Waals surface area contributed by atoms with Crippen LogP contribution in [0.3, 0.4) is 0 Å². The van der Waals surface area contributed by atoms with Gasteiger partial charge in [0.05, 0.1) is 18.4 Å². The summed E-state index contributed by atoms with van der Waals surface area (Å²) in [6.07, 6.45) is 2.58. The van der Waals surface area contributed by atoms with Crippen molar-refractivity contribution in [2.45, 2.75) is 102 Å². The lowest BCUT2D eigenvalue weighted by Crippen LogP contribution is -2.24. The number of alkyl halides is 3. The molecule has 2 atom stereocenters. The van der Waals surface area contributed by atoms with Gasteiger partial charge < -0.3 is 32.2 Å². The highest BCUT2D eigenvalue weighted by molar-refractivity contribution is 8.00. The van der Waals surface area contributed by atoms with Crippen molar-refractivity contribution in [1.82, 2.24) is 19.9 Å². The van der Waals surface area contributed by atoms with Crippen molar-refractivity contribution in [2.24, 2.45) is 22.2 Å². The van der Waals surface area contributed by atoms with E-state index < -0.39 is 5.51 Å². The van der Waals surface area contributed by atoms with E-state index in [0.29, 0.717) is 18.7 Å². The number of halogens is 3. The van der Waals surface area contributed by atoms with Gasteiger partial charge in [-0.2, -0.15) is 18.2 Å². The van der Waals surface area contributed by atoms with Gasteiger partial charge in [-0.05, 0) is 91.0 Å². The fourth-order valence-electron chi connectivity index (χ4n) is 4.91. The first-order chi connectivity index (χ1) is 23.7. The lowest BCUT2D eigenvalue weighted by Gasteiger charge is -2.22. The largest absolute Gasteiger partial charge is 0.446 e. The number of hydrogen-bond donors (Lipinski definition) is 5. The zero-order valence-corrected chi connectivity index (χ0v) is 31.6. The van der Waals surface area contributed by atoms with E-state index in [1.165, 1.54) is 6.07 Å². The Bertz CT molecular complexity index is 1800. The van der Waals surface area contributed by atoms with Gasteiger partial charge in [0.2, 0.25) is 0 Å². The van der Waals surface area contributed by atoms with Crippen molar-refractivity contribution >= 4 is 28.8 Å². The minimum absolute atomic E-state index is 0.0390. The van der Waals surface area contributed by atoms with Gasteiger partial charge in [0.25, 0.3) is 0 Å². The second-order valence-electron chi connectivity index (χ2n) is 14.6. The second-order valence-corrected chi connectivity index (χ2v) is 15.7. The van der Waals surface area contributed by atoms with Crippen molar-refractivity contribution in [3.63, 3.8) is 0 Å². The van der Waals surface area contributed by atoms with Crippen LogP contribution in [0.1, 0.15) is 90.2 Å². The average molecular weight is 731 g/mol. The molecule has 0 amide bonds. The van der Waals surface area contributed by atoms with Crippen LogP contribution in [-0.4, -0.2) is 51.7 Å². The first kappa shape index (κ1) is 41.6. The molecule has 51 heavy (non-hydrogen) atoms. The normalized spacial score (nSPS) is 13.4. The topological polar surface area (TPSA) is 162 Å². The lowest BCUT2D eigenvalue weighted by atomic mass is 9.86. The van der Waals surface area contributed by atoms with Gasteiger partial charge in [-0.1, -0.05) is 59.7 Å². The molecular formula is C37H53F3N8O2S. The number of benzene rings is 2. The molecule has 10 nitrogen and oxygen atoms in total. The van der Waals surface area contributed by atoms with Crippen molar-refractivity contribution in [2.75, 3.05) is 19.6 Å². The first-order valence-corrected chi connectivity index (χ1v) is 17.7. The molecule has 0 aliphatic carbocycles. The van der Waals surface area contributed by atoms with Crippen LogP contribution in [0.2, 0.25) is 0 Å². The molecule has 280 valence electrons. The molecule has 2 aromatic carbocycles. The van der Waals surface area contributed by atoms with Gasteiger partial charge in [-0.15, -0.1) is 0 Å². The van der Waals surface area contributed by atoms with Gasteiger partial charge in [0, 0.05) is 46.7 Å². The summed E-state index contributed by atoms with van der Waals surface area (Å²) in [7, 11) is 0. The maximum atomic E-state index is 12.6. The van der Waals surface area contributed by atoms with Crippen LogP contribution >= 0.6 is 11.8 Å². The monoisotopic (exact) mass is 730 g/mol. The van der Waals surface area contributed by atoms with Crippen LogP contribution in [0.4, 0.5) is 13.2 Å². The summed E-state index contributed by atoms with van der Waals surface area (Å²) >= 11 is -0.0951. The molecule has 0 unspecified atom stereocenters. The third-order valence-corrected chi connectivity index (χ3v) is 8.70. The predicted molar refractivity (Wildman–Crippen MR) is 202 cm³/mol. The van der Waals surface area contributed by atoms with E-state index in [-0.39, 0.29) is 57.9 Å². The van der Waals surface area contributed by atoms with Crippen molar-refractivity contribution in [3.8, 4) is 5.69 Å². The molecular weight excluding hydrogens is 678 g/mol. The number of fused-ring (bicyclic) bond motifs is 1. The van der Waals surface area contributed by atoms with E-state index in [4.69, 9.17) is 21.9 Å². The summed E-state index contributed by atoms with van der Waals surface area (Å²) in [5.41, 5.74) is 16.5. The molecule has 0 fully saturated rings. The Morgan fingerprint density at radius 3 is 2.25 bits per heavy atom. The molecule has 0 saturated heterocycles. The van der Waals surface area contributed by atoms with Gasteiger partial charge in [-0.3, -0.25) is 9.56 Å². The van der Waals surface area contributed by atoms with Crippen LogP contribution in [0.15, 0.2) is 69.4 Å². The number of rotatable bonds is 12. The van der Waals surface area contributed by atoms with Crippen LogP contribution < -0.4 is 28.2 Å². The van der Waals surface area contributed by atoms with E-state index in [2.05, 4.69) is 54.0 Å². The van der Waals surface area contributed by atoms with E-state index in [9.17, 15) is 18.0 Å². The van der Waals surface area contributed by atoms with Crippen molar-refractivity contribution in [3.05, 3.63) is 87.6 Å². The molecule has 4 rings (SSSR count). The molecule has 0 saturated carbocycles. The molecule has 0 radical (unpaired) electrons. The van der Waals surface area contributed by atoms with Gasteiger partial charge >= 0.3 is 11.2 Å². The summed E-state index contributed by atoms with van der Waals surface area (Å²) in [4.78, 5) is 24.2. The summed E-state index contributed by atoms with van der Waals surface area (Å²) in [5, 5.41) is 4.36. The fourth-order valence-corrected chi connectivity index (χ4v) is 5.57. The fraction of sp³-hybridized carbons (Fsp3) is 0.486. The van der Waals surface area contributed by atoms with E-state index in [0.717, 1.165) is 46.4 Å². The van der Waals surface area contributed by atoms with Crippen LogP contribution in [0.25, 0.3) is 16.7 Å². The number of nitrogens with zero attached hydrogens (tertiary/aromatic N) is 3. The number of nitrogens with two attached hydrogens (primary N) is 3. The Morgan fingerprint density at radius 1 is 1.02 bits per heavy atom. The van der Waals surface area contributed by atoms with E-state index in [1.807, 2.05) is 64.2 Å². The Hall–Kier alpha value is -3.85. The third-order valence-electron chi connectivity index (χ3n) is 8.00. The quantitative estimate of drug-likeness (QED) is 0.0461. The van der Waals surface area contributed by atoms with E-state index >= 15 is 0 Å². The Kier molecular flexibility index (Phi) is 14.3.